The molecule has 1 N–H and O–H groups in total. The minimum atomic E-state index is -0.564. The fraction of sp³-hybridized carbons (Fsp3) is 0.367. The van der Waals surface area contributed by atoms with Gasteiger partial charge >= 0.3 is 0 Å². The second kappa shape index (κ2) is 11.4. The summed E-state index contributed by atoms with van der Waals surface area (Å²) in [7, 11) is 0. The Hall–Kier alpha value is -3.67. The Morgan fingerprint density at radius 3 is 2.39 bits per heavy atom. The SMILES string of the molecule is CC(C)CNC(=O)C(C)N(CCc1ccccc1)C(=O)CCCN1C(=O)c2cccc3cccc1c23. The Morgan fingerprint density at radius 1 is 0.944 bits per heavy atom. The van der Waals surface area contributed by atoms with Gasteiger partial charge in [-0.2, -0.15) is 0 Å². The van der Waals surface area contributed by atoms with Gasteiger partial charge in [0, 0.05) is 37.0 Å². The quantitative estimate of drug-likeness (QED) is 0.424. The second-order valence-corrected chi connectivity index (χ2v) is 9.88. The fourth-order valence-corrected chi connectivity index (χ4v) is 4.76. The molecular weight excluding hydrogens is 450 g/mol. The Morgan fingerprint density at radius 2 is 1.67 bits per heavy atom. The van der Waals surface area contributed by atoms with E-state index in [9.17, 15) is 14.4 Å². The van der Waals surface area contributed by atoms with Crippen LogP contribution < -0.4 is 10.2 Å². The van der Waals surface area contributed by atoms with Gasteiger partial charge < -0.3 is 15.1 Å². The predicted octanol–water partition coefficient (Wildman–Crippen LogP) is 4.81. The Kier molecular flexibility index (Phi) is 8.04. The van der Waals surface area contributed by atoms with E-state index in [1.807, 2.05) is 80.6 Å². The van der Waals surface area contributed by atoms with Crippen molar-refractivity contribution >= 4 is 34.2 Å². The van der Waals surface area contributed by atoms with Crippen LogP contribution in [0.1, 0.15) is 49.5 Å². The summed E-state index contributed by atoms with van der Waals surface area (Å²) in [6.07, 6.45) is 1.47. The molecular formula is C30H35N3O3. The molecule has 3 amide bonds. The summed E-state index contributed by atoms with van der Waals surface area (Å²) in [5, 5.41) is 4.99. The standard InChI is InChI=1S/C30H35N3O3/c1-21(2)20-31-29(35)22(3)32(19-17-23-10-5-4-6-11-23)27(34)16-9-18-33-26-15-8-13-24-12-7-14-25(28(24)26)30(33)36/h4-8,10-15,21-22H,9,16-20H2,1-3H3,(H,31,35). The average molecular weight is 486 g/mol. The van der Waals surface area contributed by atoms with E-state index in [4.69, 9.17) is 0 Å². The van der Waals surface area contributed by atoms with Crippen LogP contribution in [-0.4, -0.2) is 48.3 Å². The molecule has 1 unspecified atom stereocenters. The Bertz CT molecular complexity index is 1230. The summed E-state index contributed by atoms with van der Waals surface area (Å²) in [4.78, 5) is 42.7. The average Bonchev–Trinajstić information content (AvgIpc) is 3.16. The number of hydrogen-bond acceptors (Lipinski definition) is 3. The molecule has 1 atom stereocenters. The van der Waals surface area contributed by atoms with Gasteiger partial charge in [0.05, 0.1) is 5.69 Å². The highest BCUT2D eigenvalue weighted by Crippen LogP contribution is 2.37. The lowest BCUT2D eigenvalue weighted by atomic mass is 10.1. The molecule has 188 valence electrons. The largest absolute Gasteiger partial charge is 0.354 e. The third kappa shape index (κ3) is 5.59. The van der Waals surface area contributed by atoms with Crippen LogP contribution in [0.3, 0.4) is 0 Å². The molecule has 1 heterocycles. The molecule has 0 saturated carbocycles. The zero-order chi connectivity index (χ0) is 25.7. The highest BCUT2D eigenvalue weighted by molar-refractivity contribution is 6.25. The number of nitrogens with zero attached hydrogens (tertiary/aromatic N) is 2. The maximum Gasteiger partial charge on any atom is 0.258 e. The van der Waals surface area contributed by atoms with Crippen LogP contribution in [0.4, 0.5) is 5.69 Å². The van der Waals surface area contributed by atoms with E-state index in [-0.39, 0.29) is 24.1 Å². The van der Waals surface area contributed by atoms with Crippen molar-refractivity contribution < 1.29 is 14.4 Å². The van der Waals surface area contributed by atoms with Crippen molar-refractivity contribution in [2.45, 2.75) is 46.1 Å². The van der Waals surface area contributed by atoms with E-state index >= 15 is 0 Å². The van der Waals surface area contributed by atoms with Crippen LogP contribution in [0.15, 0.2) is 66.7 Å². The van der Waals surface area contributed by atoms with Gasteiger partial charge in [-0.25, -0.2) is 0 Å². The van der Waals surface area contributed by atoms with Gasteiger partial charge in [0.25, 0.3) is 5.91 Å². The van der Waals surface area contributed by atoms with Gasteiger partial charge in [-0.05, 0) is 48.8 Å². The maximum absolute atomic E-state index is 13.4. The Balaban J connectivity index is 1.41. The van der Waals surface area contributed by atoms with E-state index in [1.54, 1.807) is 16.7 Å². The van der Waals surface area contributed by atoms with Crippen molar-refractivity contribution in [2.75, 3.05) is 24.5 Å². The first-order valence-corrected chi connectivity index (χ1v) is 12.8. The molecule has 36 heavy (non-hydrogen) atoms. The molecule has 0 radical (unpaired) electrons. The van der Waals surface area contributed by atoms with Gasteiger partial charge in [-0.15, -0.1) is 0 Å². The monoisotopic (exact) mass is 485 g/mol. The van der Waals surface area contributed by atoms with Crippen molar-refractivity contribution in [3.63, 3.8) is 0 Å². The van der Waals surface area contributed by atoms with E-state index in [2.05, 4.69) is 5.32 Å². The smallest absolute Gasteiger partial charge is 0.258 e. The third-order valence-corrected chi connectivity index (χ3v) is 6.76. The van der Waals surface area contributed by atoms with Crippen molar-refractivity contribution in [1.29, 1.82) is 0 Å². The van der Waals surface area contributed by atoms with Gasteiger partial charge in [0.2, 0.25) is 11.8 Å². The summed E-state index contributed by atoms with van der Waals surface area (Å²) in [5.74, 6) is 0.111. The van der Waals surface area contributed by atoms with E-state index in [0.717, 1.165) is 22.0 Å². The molecule has 4 rings (SSSR count). The van der Waals surface area contributed by atoms with Crippen molar-refractivity contribution in [1.82, 2.24) is 10.2 Å². The molecule has 3 aromatic carbocycles. The molecule has 0 aromatic heterocycles. The lowest BCUT2D eigenvalue weighted by Crippen LogP contribution is -2.49. The molecule has 1 aliphatic heterocycles. The van der Waals surface area contributed by atoms with Crippen LogP contribution in [0.5, 0.6) is 0 Å². The number of nitrogens with one attached hydrogen (secondary N) is 1. The lowest BCUT2D eigenvalue weighted by Gasteiger charge is -2.29. The molecule has 1 aliphatic rings. The number of amides is 3. The summed E-state index contributed by atoms with van der Waals surface area (Å²) in [5.41, 5.74) is 2.75. The highest BCUT2D eigenvalue weighted by atomic mass is 16.2. The van der Waals surface area contributed by atoms with Crippen LogP contribution in [0, 0.1) is 5.92 Å². The van der Waals surface area contributed by atoms with Crippen LogP contribution in [0.25, 0.3) is 10.8 Å². The summed E-state index contributed by atoms with van der Waals surface area (Å²) >= 11 is 0. The molecule has 6 heteroatoms. The fourth-order valence-electron chi connectivity index (χ4n) is 4.76. The van der Waals surface area contributed by atoms with Crippen molar-refractivity contribution in [2.24, 2.45) is 5.92 Å². The van der Waals surface area contributed by atoms with E-state index < -0.39 is 6.04 Å². The van der Waals surface area contributed by atoms with E-state index in [1.165, 1.54) is 0 Å². The molecule has 6 nitrogen and oxygen atoms in total. The summed E-state index contributed by atoms with van der Waals surface area (Å²) in [6, 6.07) is 21.1. The molecule has 3 aromatic rings. The molecule has 0 bridgehead atoms. The van der Waals surface area contributed by atoms with E-state index in [0.29, 0.717) is 44.0 Å². The third-order valence-electron chi connectivity index (χ3n) is 6.76. The lowest BCUT2D eigenvalue weighted by molar-refractivity contribution is -0.140. The first-order valence-electron chi connectivity index (χ1n) is 12.8. The van der Waals surface area contributed by atoms with Crippen LogP contribution in [-0.2, 0) is 16.0 Å². The van der Waals surface area contributed by atoms with Crippen LogP contribution in [0.2, 0.25) is 0 Å². The molecule has 0 fully saturated rings. The second-order valence-electron chi connectivity index (χ2n) is 9.88. The van der Waals surface area contributed by atoms with Gasteiger partial charge in [-0.1, -0.05) is 68.4 Å². The predicted molar refractivity (Wildman–Crippen MR) is 144 cm³/mol. The molecule has 0 saturated heterocycles. The number of carbonyl (C=O) groups excluding carboxylic acids is 3. The van der Waals surface area contributed by atoms with Crippen molar-refractivity contribution in [3.05, 3.63) is 77.9 Å². The maximum atomic E-state index is 13.4. The minimum absolute atomic E-state index is 0.0170. The highest BCUT2D eigenvalue weighted by Gasteiger charge is 2.30. The topological polar surface area (TPSA) is 69.7 Å². The zero-order valence-corrected chi connectivity index (χ0v) is 21.4. The minimum Gasteiger partial charge on any atom is -0.354 e. The summed E-state index contributed by atoms with van der Waals surface area (Å²) in [6.45, 7) is 7.38. The first-order chi connectivity index (χ1) is 17.4. The van der Waals surface area contributed by atoms with Crippen LogP contribution >= 0.6 is 0 Å². The Labute approximate surface area is 213 Å². The van der Waals surface area contributed by atoms with Gasteiger partial charge in [-0.3, -0.25) is 14.4 Å². The number of benzene rings is 3. The number of carbonyl (C=O) groups is 3. The zero-order valence-electron chi connectivity index (χ0n) is 21.4. The number of anilines is 1. The molecule has 0 spiro atoms. The number of hydrogen-bond donors (Lipinski definition) is 1. The van der Waals surface area contributed by atoms with Gasteiger partial charge in [0.1, 0.15) is 6.04 Å². The van der Waals surface area contributed by atoms with Crippen molar-refractivity contribution in [3.8, 4) is 0 Å². The summed E-state index contributed by atoms with van der Waals surface area (Å²) < 4.78 is 0. The normalized spacial score (nSPS) is 13.3. The van der Waals surface area contributed by atoms with Gasteiger partial charge in [0.15, 0.2) is 0 Å². The molecule has 0 aliphatic carbocycles. The number of rotatable bonds is 11. The first kappa shape index (κ1) is 25.4.